The molecule has 0 aliphatic carbocycles. The fourth-order valence-electron chi connectivity index (χ4n) is 2.44. The van der Waals surface area contributed by atoms with Gasteiger partial charge in [-0.1, -0.05) is 30.7 Å². The Kier molecular flexibility index (Phi) is 6.22. The van der Waals surface area contributed by atoms with Crippen LogP contribution in [0.25, 0.3) is 0 Å². The first-order valence-electron chi connectivity index (χ1n) is 7.46. The van der Waals surface area contributed by atoms with Gasteiger partial charge >= 0.3 is 0 Å². The van der Waals surface area contributed by atoms with Crippen LogP contribution in [-0.2, 0) is 12.8 Å². The SMILES string of the molecule is CCNCC(Cc1cccc(Cl)c1)Cc1nc(C)c(C)s1. The minimum absolute atomic E-state index is 0.549. The number of hydrogen-bond donors (Lipinski definition) is 1. The summed E-state index contributed by atoms with van der Waals surface area (Å²) in [4.78, 5) is 6.01. The number of halogens is 1. The number of hydrogen-bond acceptors (Lipinski definition) is 3. The third-order valence-electron chi connectivity index (χ3n) is 3.63. The number of thiazole rings is 1. The van der Waals surface area contributed by atoms with E-state index in [1.54, 1.807) is 0 Å². The molecule has 2 nitrogen and oxygen atoms in total. The predicted octanol–water partition coefficient (Wildman–Crippen LogP) is 4.42. The Morgan fingerprint density at radius 2 is 2.10 bits per heavy atom. The Labute approximate surface area is 136 Å². The number of benzene rings is 1. The van der Waals surface area contributed by atoms with Gasteiger partial charge in [0.2, 0.25) is 0 Å². The summed E-state index contributed by atoms with van der Waals surface area (Å²) in [5.74, 6) is 0.549. The van der Waals surface area contributed by atoms with E-state index < -0.39 is 0 Å². The van der Waals surface area contributed by atoms with Crippen LogP contribution in [0.5, 0.6) is 0 Å². The summed E-state index contributed by atoms with van der Waals surface area (Å²) in [6.07, 6.45) is 2.06. The van der Waals surface area contributed by atoms with Crippen LogP contribution < -0.4 is 5.32 Å². The molecule has 0 fully saturated rings. The van der Waals surface area contributed by atoms with Gasteiger partial charge < -0.3 is 5.32 Å². The molecule has 0 aliphatic rings. The Bertz CT molecular complexity index is 560. The maximum absolute atomic E-state index is 6.09. The molecule has 0 aliphatic heterocycles. The van der Waals surface area contributed by atoms with Crippen LogP contribution in [0, 0.1) is 19.8 Å². The van der Waals surface area contributed by atoms with Gasteiger partial charge in [-0.2, -0.15) is 0 Å². The predicted molar refractivity (Wildman–Crippen MR) is 92.5 cm³/mol. The molecule has 1 heterocycles. The van der Waals surface area contributed by atoms with Gasteiger partial charge in [0.25, 0.3) is 0 Å². The van der Waals surface area contributed by atoms with Crippen molar-refractivity contribution in [2.24, 2.45) is 5.92 Å². The third kappa shape index (κ3) is 5.10. The van der Waals surface area contributed by atoms with Crippen molar-refractivity contribution >= 4 is 22.9 Å². The molecule has 0 radical (unpaired) electrons. The highest BCUT2D eigenvalue weighted by Crippen LogP contribution is 2.22. The summed E-state index contributed by atoms with van der Waals surface area (Å²) < 4.78 is 0. The van der Waals surface area contributed by atoms with Gasteiger partial charge in [0.05, 0.1) is 10.7 Å². The highest BCUT2D eigenvalue weighted by atomic mass is 35.5. The van der Waals surface area contributed by atoms with Crippen molar-refractivity contribution in [3.05, 3.63) is 50.4 Å². The number of aryl methyl sites for hydroxylation is 2. The Morgan fingerprint density at radius 3 is 2.71 bits per heavy atom. The lowest BCUT2D eigenvalue weighted by molar-refractivity contribution is 0.477. The van der Waals surface area contributed by atoms with Gasteiger partial charge in [-0.15, -0.1) is 11.3 Å². The molecule has 114 valence electrons. The van der Waals surface area contributed by atoms with Crippen molar-refractivity contribution in [1.29, 1.82) is 0 Å². The zero-order valence-corrected chi connectivity index (χ0v) is 14.5. The van der Waals surface area contributed by atoms with Crippen molar-refractivity contribution in [2.75, 3.05) is 13.1 Å². The molecule has 0 saturated carbocycles. The van der Waals surface area contributed by atoms with Crippen molar-refractivity contribution in [1.82, 2.24) is 10.3 Å². The molecule has 0 bridgehead atoms. The number of nitrogens with one attached hydrogen (secondary N) is 1. The molecule has 2 rings (SSSR count). The largest absolute Gasteiger partial charge is 0.317 e. The first kappa shape index (κ1) is 16.5. The molecule has 1 aromatic carbocycles. The van der Waals surface area contributed by atoms with Gasteiger partial charge in [-0.3, -0.25) is 0 Å². The average Bonchev–Trinajstić information content (AvgIpc) is 2.74. The zero-order valence-electron chi connectivity index (χ0n) is 12.9. The molecule has 21 heavy (non-hydrogen) atoms. The first-order valence-corrected chi connectivity index (χ1v) is 8.66. The molecule has 1 aromatic heterocycles. The molecular weight excluding hydrogens is 300 g/mol. The van der Waals surface area contributed by atoms with Crippen molar-refractivity contribution in [2.45, 2.75) is 33.6 Å². The molecule has 4 heteroatoms. The van der Waals surface area contributed by atoms with E-state index in [0.29, 0.717) is 5.92 Å². The highest BCUT2D eigenvalue weighted by molar-refractivity contribution is 7.11. The number of rotatable bonds is 7. The van der Waals surface area contributed by atoms with Gasteiger partial charge in [-0.25, -0.2) is 4.98 Å². The van der Waals surface area contributed by atoms with Crippen LogP contribution in [-0.4, -0.2) is 18.1 Å². The molecule has 0 spiro atoms. The maximum atomic E-state index is 6.09. The first-order chi connectivity index (χ1) is 10.1. The number of aromatic nitrogens is 1. The Balaban J connectivity index is 2.06. The lowest BCUT2D eigenvalue weighted by atomic mass is 9.96. The van der Waals surface area contributed by atoms with Crippen LogP contribution in [0.4, 0.5) is 0 Å². The third-order valence-corrected chi connectivity index (χ3v) is 4.96. The summed E-state index contributed by atoms with van der Waals surface area (Å²) in [5.41, 5.74) is 2.47. The monoisotopic (exact) mass is 322 g/mol. The highest BCUT2D eigenvalue weighted by Gasteiger charge is 2.14. The summed E-state index contributed by atoms with van der Waals surface area (Å²) in [6, 6.07) is 8.18. The van der Waals surface area contributed by atoms with Gasteiger partial charge in [-0.05, 0) is 57.0 Å². The summed E-state index contributed by atoms with van der Waals surface area (Å²) in [6.45, 7) is 8.40. The molecule has 1 N–H and O–H groups in total. The van der Waals surface area contributed by atoms with Crippen LogP contribution in [0.2, 0.25) is 5.02 Å². The molecule has 0 amide bonds. The molecular formula is C17H23ClN2S. The maximum Gasteiger partial charge on any atom is 0.0934 e. The van der Waals surface area contributed by atoms with E-state index in [0.717, 1.165) is 31.0 Å². The summed E-state index contributed by atoms with van der Waals surface area (Å²) >= 11 is 7.92. The van der Waals surface area contributed by atoms with Crippen LogP contribution >= 0.6 is 22.9 Å². The standard InChI is InChI=1S/C17H23ClN2S/c1-4-19-11-15(8-14-6-5-7-16(18)9-14)10-17-20-12(2)13(3)21-17/h5-7,9,15,19H,4,8,10-11H2,1-3H3. The summed E-state index contributed by atoms with van der Waals surface area (Å²) in [7, 11) is 0. The molecule has 1 atom stereocenters. The quantitative estimate of drug-likeness (QED) is 0.816. The Morgan fingerprint density at radius 1 is 1.29 bits per heavy atom. The van der Waals surface area contributed by atoms with Crippen molar-refractivity contribution in [3.8, 4) is 0 Å². The van der Waals surface area contributed by atoms with Crippen molar-refractivity contribution < 1.29 is 0 Å². The van der Waals surface area contributed by atoms with E-state index in [-0.39, 0.29) is 0 Å². The summed E-state index contributed by atoms with van der Waals surface area (Å²) in [5, 5.41) is 5.53. The lowest BCUT2D eigenvalue weighted by Crippen LogP contribution is -2.25. The molecule has 0 saturated heterocycles. The van der Waals surface area contributed by atoms with Gasteiger partial charge in [0.1, 0.15) is 0 Å². The van der Waals surface area contributed by atoms with E-state index in [1.165, 1.54) is 21.1 Å². The van der Waals surface area contributed by atoms with E-state index in [1.807, 2.05) is 23.5 Å². The van der Waals surface area contributed by atoms with Crippen molar-refractivity contribution in [3.63, 3.8) is 0 Å². The lowest BCUT2D eigenvalue weighted by Gasteiger charge is -2.16. The molecule has 2 aromatic rings. The fourth-order valence-corrected chi connectivity index (χ4v) is 3.70. The second-order valence-electron chi connectivity index (χ2n) is 5.46. The van der Waals surface area contributed by atoms with E-state index in [9.17, 15) is 0 Å². The topological polar surface area (TPSA) is 24.9 Å². The van der Waals surface area contributed by atoms with Gasteiger partial charge in [0, 0.05) is 16.3 Å². The minimum Gasteiger partial charge on any atom is -0.317 e. The second-order valence-corrected chi connectivity index (χ2v) is 7.19. The van der Waals surface area contributed by atoms with E-state index in [4.69, 9.17) is 11.6 Å². The van der Waals surface area contributed by atoms with E-state index >= 15 is 0 Å². The zero-order chi connectivity index (χ0) is 15.2. The normalized spacial score (nSPS) is 12.6. The second kappa shape index (κ2) is 7.92. The van der Waals surface area contributed by atoms with Crippen LogP contribution in [0.3, 0.4) is 0 Å². The van der Waals surface area contributed by atoms with Crippen LogP contribution in [0.1, 0.15) is 28.1 Å². The molecule has 1 unspecified atom stereocenters. The van der Waals surface area contributed by atoms with Crippen LogP contribution in [0.15, 0.2) is 24.3 Å². The Hall–Kier alpha value is -0.900. The number of nitrogens with zero attached hydrogens (tertiary/aromatic N) is 1. The fraction of sp³-hybridized carbons (Fsp3) is 0.471. The minimum atomic E-state index is 0.549. The van der Waals surface area contributed by atoms with E-state index in [2.05, 4.69) is 43.2 Å². The smallest absolute Gasteiger partial charge is 0.0934 e. The van der Waals surface area contributed by atoms with Gasteiger partial charge in [0.15, 0.2) is 0 Å². The average molecular weight is 323 g/mol.